The molecule has 0 aromatic heterocycles. The zero-order chi connectivity index (χ0) is 19.4. The highest BCUT2D eigenvalue weighted by atomic mass is 35.5. The van der Waals surface area contributed by atoms with Gasteiger partial charge < -0.3 is 4.90 Å². The Bertz CT molecular complexity index is 696. The minimum atomic E-state index is -5.47. The number of nitrogens with zero attached hydrogens (tertiary/aromatic N) is 1. The Labute approximate surface area is 151 Å². The maximum absolute atomic E-state index is 13.2. The van der Waals surface area contributed by atoms with Gasteiger partial charge >= 0.3 is 12.4 Å². The van der Waals surface area contributed by atoms with Crippen LogP contribution in [0.3, 0.4) is 0 Å². The highest BCUT2D eigenvalue weighted by molar-refractivity contribution is 6.30. The van der Waals surface area contributed by atoms with Crippen LogP contribution < -0.4 is 0 Å². The summed E-state index contributed by atoms with van der Waals surface area (Å²) in [7, 11) is 0. The first-order valence-corrected chi connectivity index (χ1v) is 8.50. The van der Waals surface area contributed by atoms with Gasteiger partial charge in [0.05, 0.1) is 5.41 Å². The molecule has 0 atom stereocenters. The van der Waals surface area contributed by atoms with E-state index in [0.29, 0.717) is 29.8 Å². The van der Waals surface area contributed by atoms with Crippen molar-refractivity contribution in [3.8, 4) is 0 Å². The lowest BCUT2D eigenvalue weighted by Crippen LogP contribution is -2.55. The molecule has 144 valence electrons. The standard InChI is InChI=1S/C17H16ClF6NO/c18-12-4-1-3-11(9-12)14(5-2-6-14)13(26)25-8-7-15(10-25,16(19,20)21)17(22,23)24/h1,3-4,9H,2,5-8,10H2. The third kappa shape index (κ3) is 2.77. The van der Waals surface area contributed by atoms with Crippen molar-refractivity contribution in [2.45, 2.75) is 43.5 Å². The number of rotatable bonds is 2. The fourth-order valence-corrected chi connectivity index (χ4v) is 4.04. The lowest BCUT2D eigenvalue weighted by atomic mass is 9.63. The molecule has 26 heavy (non-hydrogen) atoms. The van der Waals surface area contributed by atoms with Gasteiger partial charge in [0, 0.05) is 18.1 Å². The van der Waals surface area contributed by atoms with Crippen LogP contribution in [0.2, 0.25) is 5.02 Å². The molecule has 1 aliphatic heterocycles. The van der Waals surface area contributed by atoms with E-state index in [0.717, 1.165) is 4.90 Å². The number of hydrogen-bond acceptors (Lipinski definition) is 1. The van der Waals surface area contributed by atoms with Gasteiger partial charge in [-0.2, -0.15) is 26.3 Å². The van der Waals surface area contributed by atoms with Crippen molar-refractivity contribution in [3.63, 3.8) is 0 Å². The minimum Gasteiger partial charge on any atom is -0.341 e. The lowest BCUT2D eigenvalue weighted by molar-refractivity contribution is -0.335. The number of benzene rings is 1. The Morgan fingerprint density at radius 3 is 2.08 bits per heavy atom. The molecule has 0 spiro atoms. The van der Waals surface area contributed by atoms with E-state index in [9.17, 15) is 31.1 Å². The summed E-state index contributed by atoms with van der Waals surface area (Å²) >= 11 is 5.94. The molecule has 0 radical (unpaired) electrons. The van der Waals surface area contributed by atoms with Gasteiger partial charge in [-0.1, -0.05) is 30.2 Å². The topological polar surface area (TPSA) is 20.3 Å². The van der Waals surface area contributed by atoms with E-state index in [1.807, 2.05) is 0 Å². The van der Waals surface area contributed by atoms with Crippen LogP contribution in [-0.4, -0.2) is 36.2 Å². The van der Waals surface area contributed by atoms with E-state index in [1.165, 1.54) is 0 Å². The average molecular weight is 400 g/mol. The Morgan fingerprint density at radius 1 is 1.04 bits per heavy atom. The zero-order valence-electron chi connectivity index (χ0n) is 13.6. The number of carbonyl (C=O) groups excluding carboxylic acids is 1. The molecule has 3 rings (SSSR count). The van der Waals surface area contributed by atoms with Crippen LogP contribution in [0, 0.1) is 5.41 Å². The van der Waals surface area contributed by atoms with E-state index < -0.39 is 48.6 Å². The second kappa shape index (κ2) is 6.04. The second-order valence-electron chi connectivity index (χ2n) is 7.00. The Hall–Kier alpha value is -1.44. The lowest BCUT2D eigenvalue weighted by Gasteiger charge is -2.43. The van der Waals surface area contributed by atoms with Crippen LogP contribution in [-0.2, 0) is 10.2 Å². The van der Waals surface area contributed by atoms with E-state index in [1.54, 1.807) is 24.3 Å². The monoisotopic (exact) mass is 399 g/mol. The Balaban J connectivity index is 1.91. The third-order valence-electron chi connectivity index (χ3n) is 5.64. The maximum atomic E-state index is 13.2. The zero-order valence-corrected chi connectivity index (χ0v) is 14.3. The summed E-state index contributed by atoms with van der Waals surface area (Å²) in [5.41, 5.74) is -4.41. The van der Waals surface area contributed by atoms with Gasteiger partial charge in [-0.25, -0.2) is 0 Å². The summed E-state index contributed by atoms with van der Waals surface area (Å²) < 4.78 is 79.4. The van der Waals surface area contributed by atoms with Crippen molar-refractivity contribution < 1.29 is 31.1 Å². The van der Waals surface area contributed by atoms with E-state index >= 15 is 0 Å². The van der Waals surface area contributed by atoms with Crippen molar-refractivity contribution in [1.82, 2.24) is 4.90 Å². The minimum absolute atomic E-state index is 0.364. The average Bonchev–Trinajstić information content (AvgIpc) is 2.92. The van der Waals surface area contributed by atoms with Crippen LogP contribution in [0.4, 0.5) is 26.3 Å². The second-order valence-corrected chi connectivity index (χ2v) is 7.44. The van der Waals surface area contributed by atoms with E-state index in [4.69, 9.17) is 11.6 Å². The van der Waals surface area contributed by atoms with E-state index in [2.05, 4.69) is 0 Å². The Kier molecular flexibility index (Phi) is 4.49. The third-order valence-corrected chi connectivity index (χ3v) is 5.87. The van der Waals surface area contributed by atoms with Gasteiger partial charge in [0.15, 0.2) is 5.41 Å². The first kappa shape index (κ1) is 19.3. The number of amides is 1. The molecular weight excluding hydrogens is 384 g/mol. The molecule has 1 saturated carbocycles. The molecular formula is C17H16ClF6NO. The van der Waals surface area contributed by atoms with Gasteiger partial charge in [-0.3, -0.25) is 4.79 Å². The number of likely N-dealkylation sites (tertiary alicyclic amines) is 1. The predicted octanol–water partition coefficient (Wildman–Crippen LogP) is 5.11. The molecule has 1 heterocycles. The molecule has 2 nitrogen and oxygen atoms in total. The van der Waals surface area contributed by atoms with Crippen molar-refractivity contribution in [3.05, 3.63) is 34.9 Å². The molecule has 9 heteroatoms. The molecule has 0 unspecified atom stereocenters. The number of carbonyl (C=O) groups is 1. The van der Waals surface area contributed by atoms with Crippen LogP contribution in [0.15, 0.2) is 24.3 Å². The quantitative estimate of drug-likeness (QED) is 0.633. The number of hydrogen-bond donors (Lipinski definition) is 0. The van der Waals surface area contributed by atoms with Crippen molar-refractivity contribution >= 4 is 17.5 Å². The maximum Gasteiger partial charge on any atom is 0.404 e. The smallest absolute Gasteiger partial charge is 0.341 e. The summed E-state index contributed by atoms with van der Waals surface area (Å²) in [6.45, 7) is -1.96. The van der Waals surface area contributed by atoms with Crippen LogP contribution in [0.25, 0.3) is 0 Å². The number of halogens is 7. The SMILES string of the molecule is O=C(N1CCC(C(F)(F)F)(C(F)(F)F)C1)C1(c2cccc(Cl)c2)CCC1. The van der Waals surface area contributed by atoms with Gasteiger partial charge in [-0.05, 0) is 37.0 Å². The highest BCUT2D eigenvalue weighted by Gasteiger charge is 2.73. The normalized spacial score (nSPS) is 22.2. The molecule has 2 aliphatic rings. The summed E-state index contributed by atoms with van der Waals surface area (Å²) in [6.07, 6.45) is -10.7. The first-order valence-electron chi connectivity index (χ1n) is 8.12. The van der Waals surface area contributed by atoms with Crippen molar-refractivity contribution in [1.29, 1.82) is 0 Å². The highest BCUT2D eigenvalue weighted by Crippen LogP contribution is 2.56. The van der Waals surface area contributed by atoms with Crippen LogP contribution >= 0.6 is 11.6 Å². The molecule has 1 aromatic carbocycles. The van der Waals surface area contributed by atoms with Gasteiger partial charge in [0.25, 0.3) is 0 Å². The molecule has 0 N–H and O–H groups in total. The van der Waals surface area contributed by atoms with Crippen LogP contribution in [0.1, 0.15) is 31.2 Å². The van der Waals surface area contributed by atoms with Crippen molar-refractivity contribution in [2.24, 2.45) is 5.41 Å². The predicted molar refractivity (Wildman–Crippen MR) is 82.7 cm³/mol. The first-order chi connectivity index (χ1) is 11.9. The number of alkyl halides is 6. The summed E-state index contributed by atoms with van der Waals surface area (Å²) in [5.74, 6) is -0.679. The van der Waals surface area contributed by atoms with Crippen molar-refractivity contribution in [2.75, 3.05) is 13.1 Å². The fourth-order valence-electron chi connectivity index (χ4n) is 3.85. The molecule has 1 amide bonds. The summed E-state index contributed by atoms with van der Waals surface area (Å²) in [5, 5.41) is 0.364. The van der Waals surface area contributed by atoms with Gasteiger partial charge in [0.2, 0.25) is 5.91 Å². The largest absolute Gasteiger partial charge is 0.404 e. The molecule has 1 aliphatic carbocycles. The van der Waals surface area contributed by atoms with Gasteiger partial charge in [-0.15, -0.1) is 0 Å². The molecule has 1 saturated heterocycles. The summed E-state index contributed by atoms with van der Waals surface area (Å²) in [4.78, 5) is 13.7. The van der Waals surface area contributed by atoms with E-state index in [-0.39, 0.29) is 0 Å². The fraction of sp³-hybridized carbons (Fsp3) is 0.588. The molecule has 0 bridgehead atoms. The van der Waals surface area contributed by atoms with Gasteiger partial charge in [0.1, 0.15) is 0 Å². The molecule has 2 fully saturated rings. The molecule has 1 aromatic rings. The van der Waals surface area contributed by atoms with Crippen LogP contribution in [0.5, 0.6) is 0 Å². The Morgan fingerprint density at radius 2 is 1.65 bits per heavy atom. The summed E-state index contributed by atoms with van der Waals surface area (Å²) in [6, 6.07) is 6.40.